The van der Waals surface area contributed by atoms with Gasteiger partial charge in [-0.15, -0.1) is 0 Å². The third kappa shape index (κ3) is 5.40. The lowest BCUT2D eigenvalue weighted by Crippen LogP contribution is -2.49. The quantitative estimate of drug-likeness (QED) is 0.254. The van der Waals surface area contributed by atoms with Crippen molar-refractivity contribution in [1.82, 2.24) is 14.8 Å². The van der Waals surface area contributed by atoms with Gasteiger partial charge in [0.25, 0.3) is 0 Å². The van der Waals surface area contributed by atoms with Crippen molar-refractivity contribution in [3.05, 3.63) is 35.5 Å². The van der Waals surface area contributed by atoms with Crippen LogP contribution in [0.5, 0.6) is 0 Å². The first-order valence-electron chi connectivity index (χ1n) is 12.1. The summed E-state index contributed by atoms with van der Waals surface area (Å²) in [5.41, 5.74) is 8.80. The number of carbonyl (C=O) groups is 3. The number of hydrogen-bond donors (Lipinski definition) is 4. The SMILES string of the molecule is N=C(N)CCc1ccc2cc(CC[C@@H]3CCCN3C(=O)[C@H]3CCCN3C(=O)CC(=O)O)[nH]c2c1. The Bertz CT molecular complexity index is 1090. The molecule has 34 heavy (non-hydrogen) atoms. The summed E-state index contributed by atoms with van der Waals surface area (Å²) in [5.74, 6) is -1.48. The van der Waals surface area contributed by atoms with Crippen LogP contribution in [0.25, 0.3) is 10.9 Å². The van der Waals surface area contributed by atoms with Gasteiger partial charge in [0.1, 0.15) is 12.5 Å². The van der Waals surface area contributed by atoms with Gasteiger partial charge < -0.3 is 25.6 Å². The number of amides is 2. The molecule has 2 saturated heterocycles. The number of rotatable bonds is 9. The molecule has 0 spiro atoms. The summed E-state index contributed by atoms with van der Waals surface area (Å²) in [4.78, 5) is 43.5. The number of H-pyrrole nitrogens is 1. The number of likely N-dealkylation sites (tertiary alicyclic amines) is 2. The molecule has 0 radical (unpaired) electrons. The van der Waals surface area contributed by atoms with Gasteiger partial charge in [-0.1, -0.05) is 12.1 Å². The number of benzene rings is 1. The second-order valence-corrected chi connectivity index (χ2v) is 9.42. The molecule has 2 fully saturated rings. The van der Waals surface area contributed by atoms with Crippen LogP contribution in [0.4, 0.5) is 0 Å². The molecule has 9 heteroatoms. The minimum absolute atomic E-state index is 0.0366. The lowest BCUT2D eigenvalue weighted by Gasteiger charge is -2.31. The van der Waals surface area contributed by atoms with Crippen LogP contribution in [0.3, 0.4) is 0 Å². The molecule has 0 unspecified atom stereocenters. The number of aliphatic carboxylic acids is 1. The van der Waals surface area contributed by atoms with Crippen LogP contribution in [-0.4, -0.2) is 68.7 Å². The van der Waals surface area contributed by atoms with Crippen molar-refractivity contribution < 1.29 is 19.5 Å². The molecular formula is C25H33N5O4. The zero-order chi connectivity index (χ0) is 24.2. The molecular weight excluding hydrogens is 434 g/mol. The number of hydrogen-bond acceptors (Lipinski definition) is 4. The summed E-state index contributed by atoms with van der Waals surface area (Å²) < 4.78 is 0. The standard InChI is InChI=1S/C25H33N5O4/c26-22(27)10-6-16-5-7-17-14-18(28-20(17)13-16)8-9-19-3-1-11-29(19)25(34)21-4-2-12-30(21)23(31)15-24(32)33/h5,7,13-14,19,21,28H,1-4,6,8-12,15H2,(H3,26,27)(H,32,33)/t19-,21+/m0/s1. The van der Waals surface area contributed by atoms with Crippen LogP contribution < -0.4 is 5.73 Å². The highest BCUT2D eigenvalue weighted by atomic mass is 16.4. The molecule has 1 aromatic carbocycles. The Morgan fingerprint density at radius 3 is 2.62 bits per heavy atom. The molecule has 4 rings (SSSR count). The van der Waals surface area contributed by atoms with Crippen molar-refractivity contribution in [1.29, 1.82) is 5.41 Å². The molecule has 0 bridgehead atoms. The zero-order valence-electron chi connectivity index (χ0n) is 19.4. The summed E-state index contributed by atoms with van der Waals surface area (Å²) in [6, 6.07) is 8.00. The Morgan fingerprint density at radius 2 is 1.85 bits per heavy atom. The first-order chi connectivity index (χ1) is 16.3. The van der Waals surface area contributed by atoms with E-state index in [-0.39, 0.29) is 17.8 Å². The van der Waals surface area contributed by atoms with E-state index in [9.17, 15) is 14.4 Å². The van der Waals surface area contributed by atoms with Gasteiger partial charge in [-0.05, 0) is 68.0 Å². The van der Waals surface area contributed by atoms with Crippen LogP contribution in [0.15, 0.2) is 24.3 Å². The first kappa shape index (κ1) is 23.8. The molecule has 0 aliphatic carbocycles. The van der Waals surface area contributed by atoms with Gasteiger partial charge in [0.15, 0.2) is 0 Å². The van der Waals surface area contributed by atoms with Crippen LogP contribution in [-0.2, 0) is 27.2 Å². The van der Waals surface area contributed by atoms with Crippen molar-refractivity contribution in [3.8, 4) is 0 Å². The number of amidine groups is 1. The van der Waals surface area contributed by atoms with Gasteiger partial charge >= 0.3 is 5.97 Å². The second kappa shape index (κ2) is 10.3. The van der Waals surface area contributed by atoms with E-state index in [1.165, 1.54) is 4.90 Å². The normalized spacial score (nSPS) is 20.2. The Hall–Kier alpha value is -3.36. The second-order valence-electron chi connectivity index (χ2n) is 9.42. The van der Waals surface area contributed by atoms with E-state index < -0.39 is 24.3 Å². The fraction of sp³-hybridized carbons (Fsp3) is 0.520. The van der Waals surface area contributed by atoms with E-state index >= 15 is 0 Å². The van der Waals surface area contributed by atoms with Gasteiger partial charge in [0.05, 0.1) is 5.84 Å². The van der Waals surface area contributed by atoms with Crippen molar-refractivity contribution in [2.24, 2.45) is 5.73 Å². The highest BCUT2D eigenvalue weighted by molar-refractivity contribution is 5.96. The Balaban J connectivity index is 1.37. The number of aromatic amines is 1. The number of carboxylic acid groups (broad SMARTS) is 1. The number of carboxylic acids is 1. The fourth-order valence-corrected chi connectivity index (χ4v) is 5.30. The van der Waals surface area contributed by atoms with Gasteiger partial charge in [0.2, 0.25) is 11.8 Å². The lowest BCUT2D eigenvalue weighted by atomic mass is 10.1. The predicted octanol–water partition coefficient (Wildman–Crippen LogP) is 2.43. The maximum Gasteiger partial charge on any atom is 0.312 e. The molecule has 2 atom stereocenters. The molecule has 5 N–H and O–H groups in total. The number of carbonyl (C=O) groups excluding carboxylic acids is 2. The van der Waals surface area contributed by atoms with Crippen molar-refractivity contribution >= 4 is 34.5 Å². The summed E-state index contributed by atoms with van der Waals surface area (Å²) in [7, 11) is 0. The van der Waals surface area contributed by atoms with Crippen molar-refractivity contribution in [2.45, 2.75) is 69.9 Å². The molecule has 182 valence electrons. The average Bonchev–Trinajstić information content (AvgIpc) is 3.54. The molecule has 2 aliphatic heterocycles. The molecule has 2 aliphatic rings. The summed E-state index contributed by atoms with van der Waals surface area (Å²) >= 11 is 0. The van der Waals surface area contributed by atoms with E-state index in [1.54, 1.807) is 0 Å². The van der Waals surface area contributed by atoms with E-state index in [1.807, 2.05) is 4.90 Å². The predicted molar refractivity (Wildman–Crippen MR) is 129 cm³/mol. The van der Waals surface area contributed by atoms with Crippen LogP contribution >= 0.6 is 0 Å². The average molecular weight is 468 g/mol. The molecule has 9 nitrogen and oxygen atoms in total. The zero-order valence-corrected chi connectivity index (χ0v) is 19.4. The lowest BCUT2D eigenvalue weighted by molar-refractivity contribution is -0.149. The van der Waals surface area contributed by atoms with Gasteiger partial charge in [-0.3, -0.25) is 19.8 Å². The first-order valence-corrected chi connectivity index (χ1v) is 12.1. The van der Waals surface area contributed by atoms with Gasteiger partial charge in [0, 0.05) is 36.8 Å². The van der Waals surface area contributed by atoms with Crippen LogP contribution in [0, 0.1) is 5.41 Å². The summed E-state index contributed by atoms with van der Waals surface area (Å²) in [5, 5.41) is 17.5. The number of nitrogens with zero attached hydrogens (tertiary/aromatic N) is 2. The van der Waals surface area contributed by atoms with Gasteiger partial charge in [-0.25, -0.2) is 0 Å². The number of aryl methyl sites for hydroxylation is 2. The molecule has 2 aromatic rings. The summed E-state index contributed by atoms with van der Waals surface area (Å²) in [6.07, 6.45) is 5.59. The van der Waals surface area contributed by atoms with Crippen molar-refractivity contribution in [3.63, 3.8) is 0 Å². The van der Waals surface area contributed by atoms with E-state index in [2.05, 4.69) is 29.2 Å². The topological polar surface area (TPSA) is 144 Å². The van der Waals surface area contributed by atoms with Crippen LogP contribution in [0.2, 0.25) is 0 Å². The minimum atomic E-state index is -1.16. The largest absolute Gasteiger partial charge is 0.481 e. The van der Waals surface area contributed by atoms with Crippen molar-refractivity contribution in [2.75, 3.05) is 13.1 Å². The maximum absolute atomic E-state index is 13.3. The van der Waals surface area contributed by atoms with E-state index in [4.69, 9.17) is 16.2 Å². The number of aromatic nitrogens is 1. The Kier molecular flexibility index (Phi) is 7.19. The molecule has 3 heterocycles. The molecule has 1 aromatic heterocycles. The highest BCUT2D eigenvalue weighted by Crippen LogP contribution is 2.28. The number of nitrogens with two attached hydrogens (primary N) is 1. The number of nitrogens with one attached hydrogen (secondary N) is 2. The number of fused-ring (bicyclic) bond motifs is 1. The van der Waals surface area contributed by atoms with Crippen LogP contribution in [0.1, 0.15) is 56.2 Å². The third-order valence-corrected chi connectivity index (χ3v) is 6.99. The highest BCUT2D eigenvalue weighted by Gasteiger charge is 2.40. The van der Waals surface area contributed by atoms with Gasteiger partial charge in [-0.2, -0.15) is 0 Å². The van der Waals surface area contributed by atoms with E-state index in [0.29, 0.717) is 25.9 Å². The summed E-state index contributed by atoms with van der Waals surface area (Å²) in [6.45, 7) is 1.14. The monoisotopic (exact) mass is 467 g/mol. The smallest absolute Gasteiger partial charge is 0.312 e. The Labute approximate surface area is 198 Å². The Morgan fingerprint density at radius 1 is 1.09 bits per heavy atom. The van der Waals surface area contributed by atoms with E-state index in [0.717, 1.165) is 60.7 Å². The minimum Gasteiger partial charge on any atom is -0.481 e. The maximum atomic E-state index is 13.3. The fourth-order valence-electron chi connectivity index (χ4n) is 5.30. The molecule has 2 amide bonds. The third-order valence-electron chi connectivity index (χ3n) is 6.99. The molecule has 0 saturated carbocycles.